The zero-order chi connectivity index (χ0) is 14.0. The summed E-state index contributed by atoms with van der Waals surface area (Å²) in [6.45, 7) is 11.1. The van der Waals surface area contributed by atoms with Gasteiger partial charge in [0.1, 0.15) is 0 Å². The standard InChI is InChI=1S/C16H33IO/c1-6-8-10-12-14(17)15(13-11-9-7-2)18-16(3,4)5/h14-15H,6-13H2,1-5H3/t14-,15+/m0/s1. The maximum absolute atomic E-state index is 6.27. The third kappa shape index (κ3) is 10.6. The van der Waals surface area contributed by atoms with Crippen molar-refractivity contribution in [1.29, 1.82) is 0 Å². The highest BCUT2D eigenvalue weighted by molar-refractivity contribution is 14.1. The topological polar surface area (TPSA) is 9.23 Å². The summed E-state index contributed by atoms with van der Waals surface area (Å²) in [7, 11) is 0. The lowest BCUT2D eigenvalue weighted by Gasteiger charge is -2.31. The molecule has 0 spiro atoms. The molecule has 0 aromatic carbocycles. The second-order valence-corrected chi connectivity index (χ2v) is 7.88. The van der Waals surface area contributed by atoms with Crippen LogP contribution in [0.1, 0.15) is 86.0 Å². The van der Waals surface area contributed by atoms with Gasteiger partial charge in [0.05, 0.1) is 11.7 Å². The molecule has 0 aliphatic heterocycles. The minimum atomic E-state index is -0.00887. The maximum atomic E-state index is 6.27. The van der Waals surface area contributed by atoms with E-state index in [2.05, 4.69) is 57.2 Å². The fourth-order valence-corrected chi connectivity index (χ4v) is 3.09. The molecular formula is C16H33IO. The highest BCUT2D eigenvalue weighted by atomic mass is 127. The number of unbranched alkanes of at least 4 members (excludes halogenated alkanes) is 4. The lowest BCUT2D eigenvalue weighted by atomic mass is 10.0. The van der Waals surface area contributed by atoms with E-state index in [9.17, 15) is 0 Å². The molecule has 0 N–H and O–H groups in total. The first-order chi connectivity index (χ1) is 8.40. The van der Waals surface area contributed by atoms with E-state index in [4.69, 9.17) is 4.74 Å². The number of ether oxygens (including phenoxy) is 1. The number of alkyl halides is 1. The molecule has 0 saturated carbocycles. The lowest BCUT2D eigenvalue weighted by molar-refractivity contribution is -0.0629. The normalized spacial score (nSPS) is 15.7. The summed E-state index contributed by atoms with van der Waals surface area (Å²) in [5.74, 6) is 0. The molecule has 0 fully saturated rings. The molecule has 0 aliphatic carbocycles. The van der Waals surface area contributed by atoms with Gasteiger partial charge in [0.2, 0.25) is 0 Å². The molecule has 0 aliphatic rings. The van der Waals surface area contributed by atoms with Crippen LogP contribution in [0.25, 0.3) is 0 Å². The Bertz CT molecular complexity index is 186. The van der Waals surface area contributed by atoms with Crippen LogP contribution in [0, 0.1) is 0 Å². The maximum Gasteiger partial charge on any atom is 0.0699 e. The van der Waals surface area contributed by atoms with Gasteiger partial charge in [-0.2, -0.15) is 0 Å². The van der Waals surface area contributed by atoms with E-state index in [1.54, 1.807) is 0 Å². The Balaban J connectivity index is 4.16. The van der Waals surface area contributed by atoms with Crippen LogP contribution < -0.4 is 0 Å². The van der Waals surface area contributed by atoms with Crippen LogP contribution in [0.15, 0.2) is 0 Å². The molecule has 0 unspecified atom stereocenters. The Morgan fingerprint density at radius 3 is 1.83 bits per heavy atom. The minimum Gasteiger partial charge on any atom is -0.372 e. The second kappa shape index (κ2) is 10.5. The zero-order valence-electron chi connectivity index (χ0n) is 13.1. The summed E-state index contributed by atoms with van der Waals surface area (Å²) < 4.78 is 6.94. The van der Waals surface area contributed by atoms with Crippen molar-refractivity contribution in [3.05, 3.63) is 0 Å². The second-order valence-electron chi connectivity index (χ2n) is 6.28. The smallest absolute Gasteiger partial charge is 0.0699 e. The number of halogens is 1. The summed E-state index contributed by atoms with van der Waals surface area (Å²) in [4.78, 5) is 0. The van der Waals surface area contributed by atoms with Crippen molar-refractivity contribution >= 4 is 22.6 Å². The molecule has 18 heavy (non-hydrogen) atoms. The predicted octanol–water partition coefficient (Wildman–Crippen LogP) is 6.13. The summed E-state index contributed by atoms with van der Waals surface area (Å²) in [6.07, 6.45) is 10.9. The highest BCUT2D eigenvalue weighted by Crippen LogP contribution is 2.26. The van der Waals surface area contributed by atoms with Crippen molar-refractivity contribution < 1.29 is 4.74 Å². The third-order valence-corrected chi connectivity index (χ3v) is 4.51. The first-order valence-corrected chi connectivity index (χ1v) is 8.97. The molecule has 110 valence electrons. The van der Waals surface area contributed by atoms with Gasteiger partial charge in [-0.25, -0.2) is 0 Å². The average Bonchev–Trinajstić information content (AvgIpc) is 2.26. The van der Waals surface area contributed by atoms with Crippen LogP contribution in [-0.2, 0) is 4.74 Å². The van der Waals surface area contributed by atoms with Gasteiger partial charge in [-0.15, -0.1) is 0 Å². The van der Waals surface area contributed by atoms with E-state index >= 15 is 0 Å². The van der Waals surface area contributed by atoms with Crippen LogP contribution in [-0.4, -0.2) is 15.6 Å². The number of hydrogen-bond donors (Lipinski definition) is 0. The molecule has 0 rings (SSSR count). The highest BCUT2D eigenvalue weighted by Gasteiger charge is 2.24. The summed E-state index contributed by atoms with van der Waals surface area (Å²) in [5.41, 5.74) is -0.00887. The van der Waals surface area contributed by atoms with Gasteiger partial charge in [0, 0.05) is 3.92 Å². The van der Waals surface area contributed by atoms with Crippen molar-refractivity contribution in [2.75, 3.05) is 0 Å². The fourth-order valence-electron chi connectivity index (χ4n) is 2.14. The van der Waals surface area contributed by atoms with Crippen molar-refractivity contribution in [1.82, 2.24) is 0 Å². The van der Waals surface area contributed by atoms with Gasteiger partial charge in [0.25, 0.3) is 0 Å². The SMILES string of the molecule is CCCCC[C@H](I)[C@@H](CCCCC)OC(C)(C)C. The van der Waals surface area contributed by atoms with Crippen LogP contribution >= 0.6 is 22.6 Å². The number of rotatable bonds is 10. The average molecular weight is 368 g/mol. The van der Waals surface area contributed by atoms with Crippen LogP contribution in [0.3, 0.4) is 0 Å². The lowest BCUT2D eigenvalue weighted by Crippen LogP contribution is -2.33. The molecule has 1 nitrogen and oxygen atoms in total. The Labute approximate surface area is 129 Å². The van der Waals surface area contributed by atoms with Crippen molar-refractivity contribution in [2.45, 2.75) is 102 Å². The molecule has 2 atom stereocenters. The first-order valence-electron chi connectivity index (χ1n) is 7.72. The zero-order valence-corrected chi connectivity index (χ0v) is 15.3. The fraction of sp³-hybridized carbons (Fsp3) is 1.00. The van der Waals surface area contributed by atoms with E-state index in [0.29, 0.717) is 10.0 Å². The molecule has 0 bridgehead atoms. The first kappa shape index (κ1) is 18.7. The molecule has 0 saturated heterocycles. The molecule has 0 aromatic rings. The van der Waals surface area contributed by atoms with Crippen LogP contribution in [0.5, 0.6) is 0 Å². The minimum absolute atomic E-state index is 0.00887. The van der Waals surface area contributed by atoms with Gasteiger partial charge < -0.3 is 4.74 Å². The van der Waals surface area contributed by atoms with E-state index in [-0.39, 0.29) is 5.60 Å². The molecular weight excluding hydrogens is 335 g/mol. The van der Waals surface area contributed by atoms with Crippen LogP contribution in [0.4, 0.5) is 0 Å². The third-order valence-electron chi connectivity index (χ3n) is 3.08. The van der Waals surface area contributed by atoms with Gasteiger partial charge in [-0.05, 0) is 33.6 Å². The van der Waals surface area contributed by atoms with E-state index in [1.807, 2.05) is 0 Å². The Morgan fingerprint density at radius 2 is 1.39 bits per heavy atom. The van der Waals surface area contributed by atoms with E-state index in [1.165, 1.54) is 51.4 Å². The van der Waals surface area contributed by atoms with Gasteiger partial charge in [-0.3, -0.25) is 0 Å². The van der Waals surface area contributed by atoms with Crippen molar-refractivity contribution in [3.8, 4) is 0 Å². The molecule has 0 radical (unpaired) electrons. The number of hydrogen-bond acceptors (Lipinski definition) is 1. The van der Waals surface area contributed by atoms with Crippen molar-refractivity contribution in [2.24, 2.45) is 0 Å². The monoisotopic (exact) mass is 368 g/mol. The molecule has 0 heterocycles. The van der Waals surface area contributed by atoms with Gasteiger partial charge in [0.15, 0.2) is 0 Å². The van der Waals surface area contributed by atoms with E-state index < -0.39 is 0 Å². The summed E-state index contributed by atoms with van der Waals surface area (Å²) in [6, 6.07) is 0. The summed E-state index contributed by atoms with van der Waals surface area (Å²) in [5, 5.41) is 0. The Morgan fingerprint density at radius 1 is 0.889 bits per heavy atom. The van der Waals surface area contributed by atoms with Gasteiger partial charge >= 0.3 is 0 Å². The molecule has 0 aromatic heterocycles. The largest absolute Gasteiger partial charge is 0.372 e. The van der Waals surface area contributed by atoms with E-state index in [0.717, 1.165) is 0 Å². The molecule has 2 heteroatoms. The Hall–Kier alpha value is 0.690. The quantitative estimate of drug-likeness (QED) is 0.256. The molecule has 0 amide bonds. The van der Waals surface area contributed by atoms with Crippen LogP contribution in [0.2, 0.25) is 0 Å². The summed E-state index contributed by atoms with van der Waals surface area (Å²) >= 11 is 2.61. The van der Waals surface area contributed by atoms with Gasteiger partial charge in [-0.1, -0.05) is 75.0 Å². The van der Waals surface area contributed by atoms with Crippen molar-refractivity contribution in [3.63, 3.8) is 0 Å². The predicted molar refractivity (Wildman–Crippen MR) is 90.7 cm³/mol. The Kier molecular flexibility index (Phi) is 10.9.